The predicted molar refractivity (Wildman–Crippen MR) is 185 cm³/mol. The molecule has 0 saturated heterocycles. The second kappa shape index (κ2) is 14.4. The number of fused-ring (bicyclic) bond motifs is 3. The van der Waals surface area contributed by atoms with Gasteiger partial charge in [-0.1, -0.05) is 129 Å². The predicted octanol–water partition coefficient (Wildman–Crippen LogP) is 9.55. The Bertz CT molecular complexity index is 1700. The second-order valence-corrected chi connectivity index (χ2v) is 13.5. The third kappa shape index (κ3) is 7.20. The molecule has 0 aromatic heterocycles. The smallest absolute Gasteiger partial charge is 0.349 e. The van der Waals surface area contributed by atoms with Crippen LogP contribution in [0.1, 0.15) is 84.8 Å². The van der Waals surface area contributed by atoms with E-state index < -0.39 is 24.0 Å². The SMILES string of the molecule is Cc1ccc(-c2ccccc2C(=O)NC2CCCC(CCCCC3(C(=O)NCC(F)(F)F)c4ccccc4-c4ccccc43)CC2)cc1. The zero-order valence-electron chi connectivity index (χ0n) is 27.4. The lowest BCUT2D eigenvalue weighted by Gasteiger charge is -2.31. The summed E-state index contributed by atoms with van der Waals surface area (Å²) in [5.41, 5.74) is 6.04. The Morgan fingerprint density at radius 3 is 2.04 bits per heavy atom. The summed E-state index contributed by atoms with van der Waals surface area (Å²) >= 11 is 0. The van der Waals surface area contributed by atoms with Crippen LogP contribution in [0.4, 0.5) is 13.2 Å². The topological polar surface area (TPSA) is 58.2 Å². The van der Waals surface area contributed by atoms with Gasteiger partial charge in [-0.3, -0.25) is 9.59 Å². The molecule has 0 heterocycles. The summed E-state index contributed by atoms with van der Waals surface area (Å²) < 4.78 is 39.6. The van der Waals surface area contributed by atoms with E-state index in [-0.39, 0.29) is 11.9 Å². The van der Waals surface area contributed by atoms with Crippen LogP contribution in [0.15, 0.2) is 97.1 Å². The molecule has 4 aromatic carbocycles. The molecule has 1 fully saturated rings. The molecular formula is C41H43F3N2O2. The van der Waals surface area contributed by atoms with Crippen molar-refractivity contribution in [2.24, 2.45) is 5.92 Å². The van der Waals surface area contributed by atoms with E-state index in [0.29, 0.717) is 24.3 Å². The first kappa shape index (κ1) is 33.5. The lowest BCUT2D eigenvalue weighted by atomic mass is 9.73. The molecule has 2 aliphatic carbocycles. The van der Waals surface area contributed by atoms with E-state index in [2.05, 4.69) is 34.9 Å². The molecule has 2 amide bonds. The molecule has 2 unspecified atom stereocenters. The van der Waals surface area contributed by atoms with Crippen LogP contribution in [0.5, 0.6) is 0 Å². The summed E-state index contributed by atoms with van der Waals surface area (Å²) in [6.45, 7) is 0.697. The normalized spacial score (nSPS) is 18.3. The number of hydrogen-bond donors (Lipinski definition) is 2. The standard InChI is InChI=1S/C41H43F3N2O2/c1-28-20-23-30(24-21-28)32-14-2-3-17-35(32)38(47)46-31-13-10-12-29(22-25-31)11-8-9-26-40(39(48)45-27-41(42,43)44)36-18-6-4-15-33(36)34-16-5-7-19-37(34)40/h2-7,14-21,23-24,29,31H,8-13,22,25-27H2,1H3,(H,45,48)(H,46,47). The third-order valence-electron chi connectivity index (χ3n) is 10.3. The maximum Gasteiger partial charge on any atom is 0.405 e. The van der Waals surface area contributed by atoms with Crippen LogP contribution in [-0.2, 0) is 10.2 Å². The molecule has 0 radical (unpaired) electrons. The van der Waals surface area contributed by atoms with E-state index >= 15 is 0 Å². The van der Waals surface area contributed by atoms with Crippen LogP contribution in [0, 0.1) is 12.8 Å². The van der Waals surface area contributed by atoms with Crippen LogP contribution >= 0.6 is 0 Å². The first-order chi connectivity index (χ1) is 23.2. The highest BCUT2D eigenvalue weighted by Gasteiger charge is 2.49. The molecule has 2 aliphatic rings. The Kier molecular flexibility index (Phi) is 10.0. The van der Waals surface area contributed by atoms with Crippen LogP contribution < -0.4 is 10.6 Å². The average Bonchev–Trinajstić information content (AvgIpc) is 3.19. The zero-order valence-corrected chi connectivity index (χ0v) is 27.4. The minimum Gasteiger partial charge on any atom is -0.349 e. The molecule has 2 atom stereocenters. The van der Waals surface area contributed by atoms with E-state index in [0.717, 1.165) is 78.3 Å². The van der Waals surface area contributed by atoms with Crippen molar-refractivity contribution in [2.75, 3.05) is 6.54 Å². The Labute approximate surface area is 281 Å². The van der Waals surface area contributed by atoms with E-state index in [1.165, 1.54) is 5.56 Å². The highest BCUT2D eigenvalue weighted by molar-refractivity contribution is 6.01. The minimum atomic E-state index is -4.49. The molecule has 250 valence electrons. The van der Waals surface area contributed by atoms with Gasteiger partial charge in [0.25, 0.3) is 5.91 Å². The highest BCUT2D eigenvalue weighted by Crippen LogP contribution is 2.51. The van der Waals surface area contributed by atoms with Gasteiger partial charge in [0.1, 0.15) is 12.0 Å². The maximum absolute atomic E-state index is 13.8. The highest BCUT2D eigenvalue weighted by atomic mass is 19.4. The van der Waals surface area contributed by atoms with Crippen LogP contribution in [0.3, 0.4) is 0 Å². The van der Waals surface area contributed by atoms with Crippen LogP contribution in [-0.4, -0.2) is 30.6 Å². The van der Waals surface area contributed by atoms with Gasteiger partial charge in [-0.2, -0.15) is 13.2 Å². The molecule has 1 saturated carbocycles. The molecule has 0 spiro atoms. The van der Waals surface area contributed by atoms with Crippen molar-refractivity contribution in [1.29, 1.82) is 0 Å². The number of benzene rings is 4. The maximum atomic E-state index is 13.8. The summed E-state index contributed by atoms with van der Waals surface area (Å²) in [6.07, 6.45) is 3.49. The summed E-state index contributed by atoms with van der Waals surface area (Å²) in [4.78, 5) is 27.2. The lowest BCUT2D eigenvalue weighted by molar-refractivity contribution is -0.141. The van der Waals surface area contributed by atoms with Crippen molar-refractivity contribution in [3.05, 3.63) is 119 Å². The van der Waals surface area contributed by atoms with Gasteiger partial charge < -0.3 is 10.6 Å². The molecule has 6 rings (SSSR count). The van der Waals surface area contributed by atoms with Gasteiger partial charge in [0.05, 0.1) is 0 Å². The van der Waals surface area contributed by atoms with E-state index in [4.69, 9.17) is 0 Å². The second-order valence-electron chi connectivity index (χ2n) is 13.5. The van der Waals surface area contributed by atoms with Gasteiger partial charge in [-0.05, 0) is 78.0 Å². The molecule has 4 nitrogen and oxygen atoms in total. The molecule has 4 aromatic rings. The molecular weight excluding hydrogens is 609 g/mol. The van der Waals surface area contributed by atoms with Crippen LogP contribution in [0.2, 0.25) is 0 Å². The monoisotopic (exact) mass is 652 g/mol. The van der Waals surface area contributed by atoms with Gasteiger partial charge >= 0.3 is 6.18 Å². The van der Waals surface area contributed by atoms with E-state index in [1.54, 1.807) is 0 Å². The number of carbonyl (C=O) groups is 2. The number of aryl methyl sites for hydroxylation is 1. The number of carbonyl (C=O) groups excluding carboxylic acids is 2. The van der Waals surface area contributed by atoms with E-state index in [9.17, 15) is 22.8 Å². The fourth-order valence-electron chi connectivity index (χ4n) is 7.85. The number of rotatable bonds is 10. The van der Waals surface area contributed by atoms with Crippen molar-refractivity contribution >= 4 is 11.8 Å². The summed E-state index contributed by atoms with van der Waals surface area (Å²) in [5, 5.41) is 5.55. The molecule has 0 bridgehead atoms. The van der Waals surface area contributed by atoms with Gasteiger partial charge in [-0.25, -0.2) is 0 Å². The number of nitrogens with one attached hydrogen (secondary N) is 2. The summed E-state index contributed by atoms with van der Waals surface area (Å²) in [6, 6.07) is 31.3. The van der Waals surface area contributed by atoms with Crippen LogP contribution in [0.25, 0.3) is 22.3 Å². The largest absolute Gasteiger partial charge is 0.405 e. The van der Waals surface area contributed by atoms with Crippen molar-refractivity contribution < 1.29 is 22.8 Å². The van der Waals surface area contributed by atoms with Crippen molar-refractivity contribution in [3.8, 4) is 22.3 Å². The van der Waals surface area contributed by atoms with Gasteiger partial charge in [-0.15, -0.1) is 0 Å². The Morgan fingerprint density at radius 2 is 1.38 bits per heavy atom. The van der Waals surface area contributed by atoms with Gasteiger partial charge in [0.15, 0.2) is 0 Å². The minimum absolute atomic E-state index is 0.0409. The Morgan fingerprint density at radius 1 is 0.750 bits per heavy atom. The average molecular weight is 653 g/mol. The third-order valence-corrected chi connectivity index (χ3v) is 10.3. The number of alkyl halides is 3. The molecule has 0 aliphatic heterocycles. The number of hydrogen-bond acceptors (Lipinski definition) is 2. The van der Waals surface area contributed by atoms with E-state index in [1.807, 2.05) is 79.7 Å². The summed E-state index contributed by atoms with van der Waals surface area (Å²) in [5.74, 6) is -0.125. The fraction of sp³-hybridized carbons (Fsp3) is 0.366. The first-order valence-corrected chi connectivity index (χ1v) is 17.2. The van der Waals surface area contributed by atoms with Crippen molar-refractivity contribution in [1.82, 2.24) is 10.6 Å². The summed E-state index contributed by atoms with van der Waals surface area (Å²) in [7, 11) is 0. The number of amides is 2. The van der Waals surface area contributed by atoms with Gasteiger partial charge in [0, 0.05) is 11.6 Å². The van der Waals surface area contributed by atoms with Crippen molar-refractivity contribution in [2.45, 2.75) is 82.3 Å². The van der Waals surface area contributed by atoms with Crippen molar-refractivity contribution in [3.63, 3.8) is 0 Å². The number of halogens is 3. The quantitative estimate of drug-likeness (QED) is 0.132. The zero-order chi connectivity index (χ0) is 33.7. The van der Waals surface area contributed by atoms with Gasteiger partial charge in [0.2, 0.25) is 5.91 Å². The first-order valence-electron chi connectivity index (χ1n) is 17.2. The number of unbranched alkanes of at least 4 members (excludes halogenated alkanes) is 1. The molecule has 2 N–H and O–H groups in total. The molecule has 48 heavy (non-hydrogen) atoms. The Balaban J connectivity index is 1.08. The fourth-order valence-corrected chi connectivity index (χ4v) is 7.85. The molecule has 7 heteroatoms. The lowest BCUT2D eigenvalue weighted by Crippen LogP contribution is -2.47. The Hall–Kier alpha value is -4.39.